The summed E-state index contributed by atoms with van der Waals surface area (Å²) in [6.45, 7) is 0. The number of hydrogen-bond donors (Lipinski definition) is 2. The summed E-state index contributed by atoms with van der Waals surface area (Å²) in [5.41, 5.74) is 6.87. The Bertz CT molecular complexity index is 411. The van der Waals surface area contributed by atoms with E-state index in [1.807, 2.05) is 11.8 Å². The molecule has 1 heterocycles. The summed E-state index contributed by atoms with van der Waals surface area (Å²) in [7, 11) is 0. The predicted octanol–water partition coefficient (Wildman–Crippen LogP) is 2.02. The fourth-order valence-electron chi connectivity index (χ4n) is 1.78. The van der Waals surface area contributed by atoms with Gasteiger partial charge in [-0.2, -0.15) is 11.8 Å². The lowest BCUT2D eigenvalue weighted by Gasteiger charge is -2.11. The molecule has 2 atom stereocenters. The maximum atomic E-state index is 10.6. The van der Waals surface area contributed by atoms with Crippen LogP contribution in [0.3, 0.4) is 0 Å². The van der Waals surface area contributed by atoms with Crippen LogP contribution >= 0.6 is 23.5 Å². The third kappa shape index (κ3) is 3.18. The minimum Gasteiger partial charge on any atom is -0.480 e. The molecule has 1 aromatic rings. The van der Waals surface area contributed by atoms with Crippen molar-refractivity contribution < 1.29 is 9.90 Å². The smallest absolute Gasteiger partial charge is 0.321 e. The van der Waals surface area contributed by atoms with E-state index in [4.69, 9.17) is 10.8 Å². The number of carboxylic acids is 1. The average molecular weight is 269 g/mol. The van der Waals surface area contributed by atoms with Crippen LogP contribution in [0.25, 0.3) is 0 Å². The first-order chi connectivity index (χ1) is 8.18. The lowest BCUT2D eigenvalue weighted by atomic mass is 10.0. The fourth-order valence-corrected chi connectivity index (χ4v) is 4.29. The number of carboxylic acid groups (broad SMARTS) is 1. The standard InChI is InChI=1S/C12H15NO2S2/c13-10(12(14)15)7-16-5-8-6-17-11-4-2-1-3-9(8)11/h1-4,8,10H,5-7,13H2,(H,14,15)/t8?,10-/m1/s1. The zero-order chi connectivity index (χ0) is 12.3. The molecule has 0 spiro atoms. The van der Waals surface area contributed by atoms with Gasteiger partial charge >= 0.3 is 5.97 Å². The van der Waals surface area contributed by atoms with Crippen molar-refractivity contribution in [2.24, 2.45) is 5.73 Å². The second-order valence-corrected chi connectivity index (χ2v) is 6.16. The molecule has 2 rings (SSSR count). The zero-order valence-electron chi connectivity index (χ0n) is 9.33. The van der Waals surface area contributed by atoms with E-state index in [9.17, 15) is 4.79 Å². The molecule has 0 fully saturated rings. The molecule has 1 unspecified atom stereocenters. The molecule has 3 nitrogen and oxygen atoms in total. The second kappa shape index (κ2) is 5.80. The maximum absolute atomic E-state index is 10.6. The van der Waals surface area contributed by atoms with Crippen LogP contribution in [0.2, 0.25) is 0 Å². The summed E-state index contributed by atoms with van der Waals surface area (Å²) >= 11 is 3.51. The van der Waals surface area contributed by atoms with E-state index in [0.717, 1.165) is 11.5 Å². The molecule has 0 bridgehead atoms. The Morgan fingerprint density at radius 2 is 2.35 bits per heavy atom. The van der Waals surface area contributed by atoms with Gasteiger partial charge in [0.05, 0.1) is 0 Å². The van der Waals surface area contributed by atoms with Crippen LogP contribution in [0.1, 0.15) is 11.5 Å². The zero-order valence-corrected chi connectivity index (χ0v) is 11.0. The van der Waals surface area contributed by atoms with E-state index in [1.165, 1.54) is 10.5 Å². The van der Waals surface area contributed by atoms with E-state index in [-0.39, 0.29) is 0 Å². The van der Waals surface area contributed by atoms with Gasteiger partial charge in [0, 0.05) is 28.1 Å². The number of fused-ring (bicyclic) bond motifs is 1. The van der Waals surface area contributed by atoms with Crippen molar-refractivity contribution in [3.8, 4) is 0 Å². The van der Waals surface area contributed by atoms with Crippen molar-refractivity contribution in [3.05, 3.63) is 29.8 Å². The van der Waals surface area contributed by atoms with Gasteiger partial charge in [-0.3, -0.25) is 4.79 Å². The van der Waals surface area contributed by atoms with Gasteiger partial charge < -0.3 is 10.8 Å². The largest absolute Gasteiger partial charge is 0.480 e. The fraction of sp³-hybridized carbons (Fsp3) is 0.417. The first-order valence-electron chi connectivity index (χ1n) is 5.46. The number of hydrogen-bond acceptors (Lipinski definition) is 4. The minimum absolute atomic E-state index is 0.485. The van der Waals surface area contributed by atoms with Gasteiger partial charge in [0.25, 0.3) is 0 Å². The van der Waals surface area contributed by atoms with Crippen LogP contribution < -0.4 is 5.73 Å². The van der Waals surface area contributed by atoms with Gasteiger partial charge in [-0.05, 0) is 11.6 Å². The average Bonchev–Trinajstić information content (AvgIpc) is 2.72. The molecule has 0 radical (unpaired) electrons. The molecule has 5 heteroatoms. The van der Waals surface area contributed by atoms with Gasteiger partial charge in [-0.1, -0.05) is 18.2 Å². The van der Waals surface area contributed by atoms with Crippen LogP contribution in [-0.4, -0.2) is 34.4 Å². The molecular weight excluding hydrogens is 254 g/mol. The quantitative estimate of drug-likeness (QED) is 0.856. The SMILES string of the molecule is N[C@H](CSCC1CSc2ccccc21)C(=O)O. The summed E-state index contributed by atoms with van der Waals surface area (Å²) in [5.74, 6) is 2.14. The van der Waals surface area contributed by atoms with E-state index < -0.39 is 12.0 Å². The molecule has 0 saturated heterocycles. The van der Waals surface area contributed by atoms with E-state index in [2.05, 4.69) is 24.3 Å². The highest BCUT2D eigenvalue weighted by atomic mass is 32.2. The summed E-state index contributed by atoms with van der Waals surface area (Å²) in [6.07, 6.45) is 0. The first-order valence-corrected chi connectivity index (χ1v) is 7.60. The van der Waals surface area contributed by atoms with Crippen molar-refractivity contribution in [1.29, 1.82) is 0 Å². The van der Waals surface area contributed by atoms with Crippen LogP contribution in [0, 0.1) is 0 Å². The third-order valence-corrected chi connectivity index (χ3v) is 5.22. The molecule has 0 amide bonds. The molecule has 17 heavy (non-hydrogen) atoms. The van der Waals surface area contributed by atoms with Crippen molar-refractivity contribution in [2.75, 3.05) is 17.3 Å². The third-order valence-electron chi connectivity index (χ3n) is 2.73. The van der Waals surface area contributed by atoms with Crippen molar-refractivity contribution in [1.82, 2.24) is 0 Å². The Labute approximate surface area is 109 Å². The van der Waals surface area contributed by atoms with Crippen LogP contribution in [0.5, 0.6) is 0 Å². The number of thioether (sulfide) groups is 2. The highest BCUT2D eigenvalue weighted by Crippen LogP contribution is 2.40. The molecule has 92 valence electrons. The molecule has 1 aliphatic heterocycles. The Morgan fingerprint density at radius 3 is 3.12 bits per heavy atom. The molecule has 3 N–H and O–H groups in total. The van der Waals surface area contributed by atoms with E-state index >= 15 is 0 Å². The number of aliphatic carboxylic acids is 1. The predicted molar refractivity (Wildman–Crippen MR) is 72.8 cm³/mol. The molecule has 0 aromatic heterocycles. The highest BCUT2D eigenvalue weighted by molar-refractivity contribution is 8.00. The van der Waals surface area contributed by atoms with Crippen molar-refractivity contribution in [3.63, 3.8) is 0 Å². The van der Waals surface area contributed by atoms with Gasteiger partial charge in [-0.25, -0.2) is 0 Å². The number of benzene rings is 1. The summed E-state index contributed by atoms with van der Waals surface area (Å²) in [6, 6.07) is 7.68. The summed E-state index contributed by atoms with van der Waals surface area (Å²) < 4.78 is 0. The second-order valence-electron chi connectivity index (χ2n) is 4.03. The number of nitrogens with two attached hydrogens (primary N) is 1. The number of carbonyl (C=O) groups is 1. The molecule has 0 aliphatic carbocycles. The van der Waals surface area contributed by atoms with Crippen LogP contribution in [-0.2, 0) is 4.79 Å². The summed E-state index contributed by atoms with van der Waals surface area (Å²) in [5, 5.41) is 8.69. The lowest BCUT2D eigenvalue weighted by molar-refractivity contribution is -0.137. The van der Waals surface area contributed by atoms with E-state index in [0.29, 0.717) is 11.7 Å². The molecule has 0 saturated carbocycles. The minimum atomic E-state index is -0.918. The maximum Gasteiger partial charge on any atom is 0.321 e. The topological polar surface area (TPSA) is 63.3 Å². The summed E-state index contributed by atoms with van der Waals surface area (Å²) in [4.78, 5) is 11.9. The molecule has 1 aliphatic rings. The van der Waals surface area contributed by atoms with Crippen LogP contribution in [0.4, 0.5) is 0 Å². The van der Waals surface area contributed by atoms with Gasteiger partial charge in [-0.15, -0.1) is 11.8 Å². The van der Waals surface area contributed by atoms with Gasteiger partial charge in [0.1, 0.15) is 6.04 Å². The number of rotatable bonds is 5. The molecule has 1 aromatic carbocycles. The Kier molecular flexibility index (Phi) is 4.36. The van der Waals surface area contributed by atoms with Gasteiger partial charge in [0.2, 0.25) is 0 Å². The van der Waals surface area contributed by atoms with Crippen molar-refractivity contribution in [2.45, 2.75) is 16.9 Å². The highest BCUT2D eigenvalue weighted by Gasteiger charge is 2.23. The first kappa shape index (κ1) is 12.8. The van der Waals surface area contributed by atoms with Crippen molar-refractivity contribution >= 4 is 29.5 Å². The Hall–Kier alpha value is -0.650. The monoisotopic (exact) mass is 269 g/mol. The molecular formula is C12H15NO2S2. The van der Waals surface area contributed by atoms with Gasteiger partial charge in [0.15, 0.2) is 0 Å². The lowest BCUT2D eigenvalue weighted by Crippen LogP contribution is -2.32. The Morgan fingerprint density at radius 1 is 1.59 bits per heavy atom. The van der Waals surface area contributed by atoms with Crippen LogP contribution in [0.15, 0.2) is 29.2 Å². The normalized spacial score (nSPS) is 19.9. The Balaban J connectivity index is 1.84. The van der Waals surface area contributed by atoms with E-state index in [1.54, 1.807) is 11.8 Å².